The molecule has 23 heavy (non-hydrogen) atoms. The molecular formula is C16H20F2N2O2S. The van der Waals surface area contributed by atoms with Crippen LogP contribution in [0.25, 0.3) is 0 Å². The molecule has 0 saturated carbocycles. The van der Waals surface area contributed by atoms with Crippen molar-refractivity contribution in [1.82, 2.24) is 5.32 Å². The van der Waals surface area contributed by atoms with Crippen LogP contribution in [-0.2, 0) is 4.79 Å². The number of anilines is 1. The summed E-state index contributed by atoms with van der Waals surface area (Å²) in [5, 5.41) is 13.3. The molecule has 0 unspecified atom stereocenters. The van der Waals surface area contributed by atoms with Gasteiger partial charge >= 0.3 is 0 Å². The lowest BCUT2D eigenvalue weighted by Crippen LogP contribution is -2.52. The quantitative estimate of drug-likeness (QED) is 0.881. The first-order chi connectivity index (χ1) is 11.0. The van der Waals surface area contributed by atoms with Crippen molar-refractivity contribution in [2.75, 3.05) is 29.5 Å². The zero-order valence-corrected chi connectivity index (χ0v) is 13.5. The number of carbonyl (C=O) groups is 1. The maximum atomic E-state index is 13.8. The Morgan fingerprint density at radius 2 is 2.09 bits per heavy atom. The lowest BCUT2D eigenvalue weighted by molar-refractivity contribution is -0.141. The van der Waals surface area contributed by atoms with E-state index in [1.165, 1.54) is 12.1 Å². The predicted molar refractivity (Wildman–Crippen MR) is 86.6 cm³/mol. The SMILES string of the molecule is O=C(N[C@@H]1CCN(c2ccc(F)cc2F)C1)C1(O)CCSCC1. The molecule has 0 spiro atoms. The van der Waals surface area contributed by atoms with Crippen LogP contribution < -0.4 is 10.2 Å². The van der Waals surface area contributed by atoms with E-state index in [4.69, 9.17) is 0 Å². The molecule has 1 atom stereocenters. The molecule has 1 aromatic rings. The van der Waals surface area contributed by atoms with Gasteiger partial charge in [0.05, 0.1) is 5.69 Å². The van der Waals surface area contributed by atoms with Gasteiger partial charge in [-0.05, 0) is 42.9 Å². The molecule has 0 aliphatic carbocycles. The van der Waals surface area contributed by atoms with Crippen molar-refractivity contribution in [1.29, 1.82) is 0 Å². The number of nitrogens with one attached hydrogen (secondary N) is 1. The van der Waals surface area contributed by atoms with Crippen LogP contribution in [0.4, 0.5) is 14.5 Å². The average Bonchev–Trinajstić information content (AvgIpc) is 2.96. The maximum Gasteiger partial charge on any atom is 0.252 e. The summed E-state index contributed by atoms with van der Waals surface area (Å²) >= 11 is 1.74. The third-order valence-corrected chi connectivity index (χ3v) is 5.50. The second-order valence-corrected chi connectivity index (χ2v) is 7.37. The van der Waals surface area contributed by atoms with E-state index < -0.39 is 17.2 Å². The molecule has 4 nitrogen and oxygen atoms in total. The lowest BCUT2D eigenvalue weighted by Gasteiger charge is -2.31. The first-order valence-corrected chi connectivity index (χ1v) is 8.94. The molecule has 2 saturated heterocycles. The second-order valence-electron chi connectivity index (χ2n) is 6.14. The normalized spacial score (nSPS) is 23.8. The van der Waals surface area contributed by atoms with Crippen molar-refractivity contribution in [3.8, 4) is 0 Å². The summed E-state index contributed by atoms with van der Waals surface area (Å²) in [4.78, 5) is 14.1. The molecule has 2 heterocycles. The molecule has 2 aliphatic rings. The highest BCUT2D eigenvalue weighted by atomic mass is 32.2. The summed E-state index contributed by atoms with van der Waals surface area (Å²) < 4.78 is 26.8. The zero-order chi connectivity index (χ0) is 16.4. The Bertz CT molecular complexity index is 593. The number of thioether (sulfide) groups is 1. The molecule has 1 amide bonds. The van der Waals surface area contributed by atoms with E-state index in [1.807, 2.05) is 0 Å². The van der Waals surface area contributed by atoms with E-state index in [1.54, 1.807) is 16.7 Å². The van der Waals surface area contributed by atoms with Crippen LogP contribution in [0.5, 0.6) is 0 Å². The number of hydrogen-bond acceptors (Lipinski definition) is 4. The summed E-state index contributed by atoms with van der Waals surface area (Å²) in [7, 11) is 0. The van der Waals surface area contributed by atoms with Crippen molar-refractivity contribution in [2.45, 2.75) is 30.9 Å². The topological polar surface area (TPSA) is 52.6 Å². The molecule has 0 radical (unpaired) electrons. The number of amides is 1. The van der Waals surface area contributed by atoms with Crippen LogP contribution in [0.3, 0.4) is 0 Å². The van der Waals surface area contributed by atoms with Crippen LogP contribution >= 0.6 is 11.8 Å². The van der Waals surface area contributed by atoms with Crippen molar-refractivity contribution in [3.63, 3.8) is 0 Å². The van der Waals surface area contributed by atoms with Gasteiger partial charge < -0.3 is 15.3 Å². The average molecular weight is 342 g/mol. The van der Waals surface area contributed by atoms with Crippen LogP contribution in [0.2, 0.25) is 0 Å². The van der Waals surface area contributed by atoms with Gasteiger partial charge in [-0.25, -0.2) is 8.78 Å². The molecule has 0 aromatic heterocycles. The Labute approximate surface area is 138 Å². The number of halogens is 2. The highest BCUT2D eigenvalue weighted by Gasteiger charge is 2.39. The summed E-state index contributed by atoms with van der Waals surface area (Å²) in [6, 6.07) is 3.38. The van der Waals surface area contributed by atoms with Gasteiger partial charge in [-0.1, -0.05) is 0 Å². The lowest BCUT2D eigenvalue weighted by atomic mass is 9.95. The number of nitrogens with zero attached hydrogens (tertiary/aromatic N) is 1. The minimum atomic E-state index is -1.28. The Morgan fingerprint density at radius 3 is 2.78 bits per heavy atom. The number of benzene rings is 1. The van der Waals surface area contributed by atoms with Crippen molar-refractivity contribution < 1.29 is 18.7 Å². The second kappa shape index (κ2) is 6.65. The first kappa shape index (κ1) is 16.5. The van der Waals surface area contributed by atoms with Gasteiger partial charge in [0.2, 0.25) is 0 Å². The Balaban J connectivity index is 1.60. The Morgan fingerprint density at radius 1 is 1.35 bits per heavy atom. The van der Waals surface area contributed by atoms with Gasteiger partial charge in [0.1, 0.15) is 17.2 Å². The standard InChI is InChI=1S/C16H20F2N2O2S/c17-11-1-2-14(13(18)9-11)20-6-3-12(10-20)19-15(21)16(22)4-7-23-8-5-16/h1-2,9,12,22H,3-8,10H2,(H,19,21)/t12-/m1/s1. The monoisotopic (exact) mass is 342 g/mol. The smallest absolute Gasteiger partial charge is 0.252 e. The van der Waals surface area contributed by atoms with E-state index in [2.05, 4.69) is 5.32 Å². The fraction of sp³-hybridized carbons (Fsp3) is 0.562. The van der Waals surface area contributed by atoms with Crippen LogP contribution in [0.15, 0.2) is 18.2 Å². The van der Waals surface area contributed by atoms with Crippen molar-refractivity contribution >= 4 is 23.4 Å². The Kier molecular flexibility index (Phi) is 4.77. The van der Waals surface area contributed by atoms with Gasteiger partial charge in [0, 0.05) is 25.2 Å². The first-order valence-electron chi connectivity index (χ1n) is 7.79. The van der Waals surface area contributed by atoms with Gasteiger partial charge in [0.25, 0.3) is 5.91 Å². The molecule has 126 valence electrons. The maximum absolute atomic E-state index is 13.8. The zero-order valence-electron chi connectivity index (χ0n) is 12.7. The third kappa shape index (κ3) is 3.61. The number of aliphatic hydroxyl groups is 1. The summed E-state index contributed by atoms with van der Waals surface area (Å²) in [6.45, 7) is 1.04. The van der Waals surface area contributed by atoms with Crippen molar-refractivity contribution in [3.05, 3.63) is 29.8 Å². The molecule has 7 heteroatoms. The molecule has 2 N–H and O–H groups in total. The van der Waals surface area contributed by atoms with Crippen LogP contribution in [0, 0.1) is 11.6 Å². The van der Waals surface area contributed by atoms with Crippen LogP contribution in [-0.4, -0.2) is 47.3 Å². The van der Waals surface area contributed by atoms with E-state index >= 15 is 0 Å². The largest absolute Gasteiger partial charge is 0.380 e. The molecule has 3 rings (SSSR count). The Hall–Kier alpha value is -1.34. The third-order valence-electron chi connectivity index (χ3n) is 4.52. The minimum Gasteiger partial charge on any atom is -0.380 e. The number of hydrogen-bond donors (Lipinski definition) is 2. The summed E-state index contributed by atoms with van der Waals surface area (Å²) in [5.74, 6) is 0.0278. The van der Waals surface area contributed by atoms with Gasteiger partial charge in [-0.3, -0.25) is 4.79 Å². The van der Waals surface area contributed by atoms with E-state index in [-0.39, 0.29) is 11.9 Å². The fourth-order valence-electron chi connectivity index (χ4n) is 3.09. The number of carbonyl (C=O) groups excluding carboxylic acids is 1. The van der Waals surface area contributed by atoms with Gasteiger partial charge in [-0.2, -0.15) is 11.8 Å². The van der Waals surface area contributed by atoms with E-state index in [0.717, 1.165) is 17.6 Å². The predicted octanol–water partition coefficient (Wildman–Crippen LogP) is 1.92. The molecular weight excluding hydrogens is 322 g/mol. The highest BCUT2D eigenvalue weighted by Crippen LogP contribution is 2.28. The van der Waals surface area contributed by atoms with Crippen LogP contribution in [0.1, 0.15) is 19.3 Å². The molecule has 2 fully saturated rings. The fourth-order valence-corrected chi connectivity index (χ4v) is 4.26. The van der Waals surface area contributed by atoms with Gasteiger partial charge in [0.15, 0.2) is 0 Å². The summed E-state index contributed by atoms with van der Waals surface area (Å²) in [6.07, 6.45) is 1.60. The minimum absolute atomic E-state index is 0.134. The molecule has 0 bridgehead atoms. The van der Waals surface area contributed by atoms with Crippen molar-refractivity contribution in [2.24, 2.45) is 0 Å². The van der Waals surface area contributed by atoms with Gasteiger partial charge in [-0.15, -0.1) is 0 Å². The number of rotatable bonds is 3. The van der Waals surface area contributed by atoms with E-state index in [0.29, 0.717) is 38.0 Å². The molecule has 1 aromatic carbocycles. The molecule has 2 aliphatic heterocycles. The summed E-state index contributed by atoms with van der Waals surface area (Å²) in [5.41, 5.74) is -0.935. The highest BCUT2D eigenvalue weighted by molar-refractivity contribution is 7.99. The van der Waals surface area contributed by atoms with E-state index in [9.17, 15) is 18.7 Å².